The Morgan fingerprint density at radius 2 is 2.42 bits per heavy atom. The summed E-state index contributed by atoms with van der Waals surface area (Å²) >= 11 is 5.14. The molecule has 1 aliphatic rings. The molecule has 0 aromatic carbocycles. The predicted molar refractivity (Wildman–Crippen MR) is 54.8 cm³/mol. The lowest BCUT2D eigenvalue weighted by molar-refractivity contribution is 0.239. The van der Waals surface area contributed by atoms with Gasteiger partial charge in [-0.1, -0.05) is 5.92 Å². The molecular weight excluding hydrogens is 168 g/mol. The number of nitrogens with one attached hydrogen (secondary N) is 1. The van der Waals surface area contributed by atoms with Crippen molar-refractivity contribution < 1.29 is 0 Å². The van der Waals surface area contributed by atoms with Gasteiger partial charge in [0.15, 0.2) is 5.11 Å². The predicted octanol–water partition coefficient (Wildman–Crippen LogP) is 0.978. The Kier molecular flexibility index (Phi) is 3.36. The summed E-state index contributed by atoms with van der Waals surface area (Å²) in [5.74, 6) is 2.50. The molecule has 1 fully saturated rings. The Bertz CT molecular complexity index is 203. The van der Waals surface area contributed by atoms with Crippen LogP contribution >= 0.6 is 12.2 Å². The van der Waals surface area contributed by atoms with E-state index in [1.807, 2.05) is 7.05 Å². The first-order chi connectivity index (χ1) is 5.75. The van der Waals surface area contributed by atoms with E-state index in [1.54, 1.807) is 0 Å². The van der Waals surface area contributed by atoms with E-state index in [1.165, 1.54) is 19.3 Å². The third-order valence-corrected chi connectivity index (χ3v) is 2.72. The molecule has 0 spiro atoms. The number of nitrogens with zero attached hydrogens (tertiary/aromatic N) is 1. The molecule has 3 heteroatoms. The van der Waals surface area contributed by atoms with Crippen molar-refractivity contribution in [1.29, 1.82) is 0 Å². The van der Waals surface area contributed by atoms with Crippen LogP contribution in [-0.4, -0.2) is 29.6 Å². The van der Waals surface area contributed by atoms with E-state index in [-0.39, 0.29) is 0 Å². The SMILES string of the molecule is C#CCNC(=S)N(C)C1CCC1. The highest BCUT2D eigenvalue weighted by atomic mass is 32.1. The third kappa shape index (κ3) is 2.12. The van der Waals surface area contributed by atoms with Crippen molar-refractivity contribution in [1.82, 2.24) is 10.2 Å². The van der Waals surface area contributed by atoms with Crippen molar-refractivity contribution in [2.75, 3.05) is 13.6 Å². The summed E-state index contributed by atoms with van der Waals surface area (Å²) in [6.45, 7) is 0.524. The first kappa shape index (κ1) is 9.34. The lowest BCUT2D eigenvalue weighted by Gasteiger charge is -2.36. The molecule has 0 aromatic rings. The Morgan fingerprint density at radius 1 is 1.75 bits per heavy atom. The minimum absolute atomic E-state index is 0.524. The zero-order chi connectivity index (χ0) is 8.97. The number of terminal acetylenes is 1. The molecule has 12 heavy (non-hydrogen) atoms. The molecular formula is C9H14N2S. The molecule has 2 nitrogen and oxygen atoms in total. The monoisotopic (exact) mass is 182 g/mol. The lowest BCUT2D eigenvalue weighted by atomic mass is 9.92. The fraction of sp³-hybridized carbons (Fsp3) is 0.667. The van der Waals surface area contributed by atoms with Gasteiger partial charge in [0.05, 0.1) is 6.54 Å². The van der Waals surface area contributed by atoms with Crippen LogP contribution in [0, 0.1) is 12.3 Å². The summed E-state index contributed by atoms with van der Waals surface area (Å²) in [6.07, 6.45) is 8.95. The molecule has 1 saturated carbocycles. The van der Waals surface area contributed by atoms with Gasteiger partial charge in [0, 0.05) is 13.1 Å². The second-order valence-corrected chi connectivity index (χ2v) is 3.45. The zero-order valence-electron chi connectivity index (χ0n) is 7.34. The van der Waals surface area contributed by atoms with Crippen molar-refractivity contribution in [3.8, 4) is 12.3 Å². The number of rotatable bonds is 2. The van der Waals surface area contributed by atoms with Gasteiger partial charge in [0.25, 0.3) is 0 Å². The first-order valence-corrected chi connectivity index (χ1v) is 4.60. The van der Waals surface area contributed by atoms with Crippen LogP contribution in [0.25, 0.3) is 0 Å². The fourth-order valence-corrected chi connectivity index (χ4v) is 1.41. The molecule has 0 saturated heterocycles. The van der Waals surface area contributed by atoms with Crippen LogP contribution in [0.3, 0.4) is 0 Å². The van der Waals surface area contributed by atoms with E-state index in [9.17, 15) is 0 Å². The highest BCUT2D eigenvalue weighted by Crippen LogP contribution is 2.23. The van der Waals surface area contributed by atoms with E-state index in [2.05, 4.69) is 16.1 Å². The average molecular weight is 182 g/mol. The maximum atomic E-state index is 5.14. The topological polar surface area (TPSA) is 15.3 Å². The van der Waals surface area contributed by atoms with Gasteiger partial charge in [-0.15, -0.1) is 6.42 Å². The third-order valence-electron chi connectivity index (χ3n) is 2.28. The van der Waals surface area contributed by atoms with Gasteiger partial charge in [0.1, 0.15) is 0 Å². The van der Waals surface area contributed by atoms with Crippen LogP contribution in [0.15, 0.2) is 0 Å². The second kappa shape index (κ2) is 4.32. The van der Waals surface area contributed by atoms with Crippen LogP contribution in [0.5, 0.6) is 0 Å². The van der Waals surface area contributed by atoms with E-state index in [0.717, 1.165) is 5.11 Å². The molecule has 1 aliphatic carbocycles. The minimum Gasteiger partial charge on any atom is -0.352 e. The molecule has 1 N–H and O–H groups in total. The van der Waals surface area contributed by atoms with Crippen LogP contribution in [0.4, 0.5) is 0 Å². The largest absolute Gasteiger partial charge is 0.352 e. The van der Waals surface area contributed by atoms with Gasteiger partial charge in [-0.3, -0.25) is 0 Å². The highest BCUT2D eigenvalue weighted by Gasteiger charge is 2.23. The molecule has 0 heterocycles. The van der Waals surface area contributed by atoms with Gasteiger partial charge in [0.2, 0.25) is 0 Å². The summed E-state index contributed by atoms with van der Waals surface area (Å²) in [5.41, 5.74) is 0. The van der Waals surface area contributed by atoms with E-state index >= 15 is 0 Å². The summed E-state index contributed by atoms with van der Waals surface area (Å²) in [7, 11) is 2.02. The zero-order valence-corrected chi connectivity index (χ0v) is 8.16. The summed E-state index contributed by atoms with van der Waals surface area (Å²) in [6, 6.07) is 0.641. The Morgan fingerprint density at radius 3 is 2.83 bits per heavy atom. The van der Waals surface area contributed by atoms with Crippen molar-refractivity contribution >= 4 is 17.3 Å². The minimum atomic E-state index is 0.524. The van der Waals surface area contributed by atoms with E-state index in [0.29, 0.717) is 12.6 Å². The van der Waals surface area contributed by atoms with Gasteiger partial charge >= 0.3 is 0 Å². The van der Waals surface area contributed by atoms with Crippen LogP contribution in [-0.2, 0) is 0 Å². The molecule has 0 unspecified atom stereocenters. The fourth-order valence-electron chi connectivity index (χ4n) is 1.19. The number of thiocarbonyl (C=S) groups is 1. The van der Waals surface area contributed by atoms with E-state index in [4.69, 9.17) is 18.6 Å². The van der Waals surface area contributed by atoms with Crippen LogP contribution in [0.2, 0.25) is 0 Å². The Labute approximate surface area is 79.3 Å². The van der Waals surface area contributed by atoms with Crippen LogP contribution in [0.1, 0.15) is 19.3 Å². The maximum absolute atomic E-state index is 5.14. The van der Waals surface area contributed by atoms with Gasteiger partial charge < -0.3 is 10.2 Å². The maximum Gasteiger partial charge on any atom is 0.169 e. The lowest BCUT2D eigenvalue weighted by Crippen LogP contribution is -2.46. The normalized spacial score (nSPS) is 16.0. The van der Waals surface area contributed by atoms with Gasteiger partial charge in [-0.05, 0) is 31.5 Å². The van der Waals surface area contributed by atoms with Crippen molar-refractivity contribution in [2.45, 2.75) is 25.3 Å². The highest BCUT2D eigenvalue weighted by molar-refractivity contribution is 7.80. The van der Waals surface area contributed by atoms with Gasteiger partial charge in [-0.2, -0.15) is 0 Å². The molecule has 1 rings (SSSR count). The summed E-state index contributed by atoms with van der Waals surface area (Å²) < 4.78 is 0. The molecule has 0 amide bonds. The molecule has 0 bridgehead atoms. The van der Waals surface area contributed by atoms with E-state index < -0.39 is 0 Å². The van der Waals surface area contributed by atoms with Gasteiger partial charge in [-0.25, -0.2) is 0 Å². The molecule has 0 atom stereocenters. The molecule has 66 valence electrons. The number of hydrogen-bond acceptors (Lipinski definition) is 1. The van der Waals surface area contributed by atoms with Crippen molar-refractivity contribution in [3.05, 3.63) is 0 Å². The quantitative estimate of drug-likeness (QED) is 0.506. The average Bonchev–Trinajstić information content (AvgIpc) is 1.96. The Balaban J connectivity index is 2.26. The first-order valence-electron chi connectivity index (χ1n) is 4.20. The van der Waals surface area contributed by atoms with Crippen molar-refractivity contribution in [2.24, 2.45) is 0 Å². The Hall–Kier alpha value is -0.750. The smallest absolute Gasteiger partial charge is 0.169 e. The summed E-state index contributed by atoms with van der Waals surface area (Å²) in [5, 5.41) is 3.78. The molecule has 0 aliphatic heterocycles. The standard InChI is InChI=1S/C9H14N2S/c1-3-7-10-9(12)11(2)8-5-4-6-8/h1,8H,4-7H2,2H3,(H,10,12). The number of hydrogen-bond donors (Lipinski definition) is 1. The summed E-state index contributed by atoms with van der Waals surface area (Å²) in [4.78, 5) is 2.11. The molecule has 0 radical (unpaired) electrons. The van der Waals surface area contributed by atoms with Crippen molar-refractivity contribution in [3.63, 3.8) is 0 Å². The molecule has 0 aromatic heterocycles. The second-order valence-electron chi connectivity index (χ2n) is 3.06. The van der Waals surface area contributed by atoms with Crippen LogP contribution < -0.4 is 5.32 Å².